The molecule has 0 fully saturated rings. The first-order valence-corrected chi connectivity index (χ1v) is 6.80. The fraction of sp³-hybridized carbons (Fsp3) is 0.125. The minimum absolute atomic E-state index is 0.123. The zero-order valence-corrected chi connectivity index (χ0v) is 12.3. The lowest BCUT2D eigenvalue weighted by Gasteiger charge is -2.11. The number of benzene rings is 2. The van der Waals surface area contributed by atoms with Crippen molar-refractivity contribution in [3.63, 3.8) is 0 Å². The molecule has 0 saturated heterocycles. The molecule has 0 atom stereocenters. The van der Waals surface area contributed by atoms with E-state index in [9.17, 15) is 5.11 Å². The van der Waals surface area contributed by atoms with E-state index in [2.05, 4.69) is 15.5 Å². The van der Waals surface area contributed by atoms with Gasteiger partial charge in [-0.25, -0.2) is 0 Å². The van der Waals surface area contributed by atoms with E-state index < -0.39 is 0 Å². The smallest absolute Gasteiger partial charge is 0.320 e. The third-order valence-electron chi connectivity index (χ3n) is 3.20. The third kappa shape index (κ3) is 2.85. The van der Waals surface area contributed by atoms with Gasteiger partial charge in [0.25, 0.3) is 0 Å². The van der Waals surface area contributed by atoms with Gasteiger partial charge in [0.2, 0.25) is 5.89 Å². The number of phenols is 1. The molecule has 3 rings (SSSR count). The Kier molecular flexibility index (Phi) is 3.65. The number of phenolic OH excluding ortho intramolecular Hbond substituents is 1. The van der Waals surface area contributed by atoms with Gasteiger partial charge in [0.1, 0.15) is 5.75 Å². The Morgan fingerprint density at radius 3 is 2.41 bits per heavy atom. The molecule has 2 aromatic carbocycles. The van der Waals surface area contributed by atoms with Crippen LogP contribution in [0.25, 0.3) is 11.5 Å². The molecule has 2 N–H and O–H groups in total. The molecular formula is C16H16N4O2. The van der Waals surface area contributed by atoms with Crippen LogP contribution in [0, 0.1) is 0 Å². The maximum atomic E-state index is 9.72. The van der Waals surface area contributed by atoms with Crippen molar-refractivity contribution < 1.29 is 9.52 Å². The first-order valence-electron chi connectivity index (χ1n) is 6.80. The Hall–Kier alpha value is -3.02. The Morgan fingerprint density at radius 1 is 1.00 bits per heavy atom. The quantitative estimate of drug-likeness (QED) is 0.720. The molecule has 0 saturated carbocycles. The highest BCUT2D eigenvalue weighted by Gasteiger charge is 2.10. The van der Waals surface area contributed by atoms with Crippen molar-refractivity contribution in [3.8, 4) is 17.2 Å². The van der Waals surface area contributed by atoms with Crippen LogP contribution in [0.15, 0.2) is 52.9 Å². The summed E-state index contributed by atoms with van der Waals surface area (Å²) in [6, 6.07) is 14.9. The van der Waals surface area contributed by atoms with Gasteiger partial charge in [0.15, 0.2) is 0 Å². The molecule has 1 heterocycles. The summed E-state index contributed by atoms with van der Waals surface area (Å²) >= 11 is 0. The summed E-state index contributed by atoms with van der Waals surface area (Å²) in [5.74, 6) is 0.542. The minimum atomic E-state index is 0.123. The Morgan fingerprint density at radius 2 is 1.73 bits per heavy atom. The van der Waals surface area contributed by atoms with Gasteiger partial charge in [-0.2, -0.15) is 0 Å². The lowest BCUT2D eigenvalue weighted by Crippen LogP contribution is -2.07. The van der Waals surface area contributed by atoms with Gasteiger partial charge in [0, 0.05) is 25.3 Å². The molecule has 0 amide bonds. The predicted octanol–water partition coefficient (Wildman–Crippen LogP) is 3.25. The first kappa shape index (κ1) is 13.9. The van der Waals surface area contributed by atoms with Crippen LogP contribution in [0.2, 0.25) is 0 Å². The van der Waals surface area contributed by atoms with Crippen molar-refractivity contribution in [3.05, 3.63) is 48.5 Å². The van der Waals surface area contributed by atoms with Crippen LogP contribution < -0.4 is 10.2 Å². The minimum Gasteiger partial charge on any atom is -0.506 e. The van der Waals surface area contributed by atoms with Crippen LogP contribution in [0.3, 0.4) is 0 Å². The van der Waals surface area contributed by atoms with Crippen LogP contribution in [-0.2, 0) is 0 Å². The Bertz CT molecular complexity index is 766. The average molecular weight is 296 g/mol. The Labute approximate surface area is 128 Å². The highest BCUT2D eigenvalue weighted by molar-refractivity contribution is 5.63. The lowest BCUT2D eigenvalue weighted by molar-refractivity contribution is 0.477. The van der Waals surface area contributed by atoms with Crippen LogP contribution in [0.1, 0.15) is 0 Å². The summed E-state index contributed by atoms with van der Waals surface area (Å²) in [5, 5.41) is 20.6. The maximum Gasteiger partial charge on any atom is 0.320 e. The number of hydrogen-bond donors (Lipinski definition) is 2. The molecule has 22 heavy (non-hydrogen) atoms. The zero-order chi connectivity index (χ0) is 15.5. The summed E-state index contributed by atoms with van der Waals surface area (Å²) in [5.41, 5.74) is 2.44. The SMILES string of the molecule is CN(C)c1ccc(-c2nnc(Nc3ccccc3O)o2)cc1. The van der Waals surface area contributed by atoms with E-state index in [0.717, 1.165) is 11.3 Å². The number of aromatic nitrogens is 2. The Balaban J connectivity index is 1.80. The fourth-order valence-corrected chi connectivity index (χ4v) is 1.99. The summed E-state index contributed by atoms with van der Waals surface area (Å²) in [4.78, 5) is 2.02. The number of hydrogen-bond acceptors (Lipinski definition) is 6. The highest BCUT2D eigenvalue weighted by Crippen LogP contribution is 2.27. The van der Waals surface area contributed by atoms with Gasteiger partial charge in [-0.15, -0.1) is 5.10 Å². The topological polar surface area (TPSA) is 74.4 Å². The predicted molar refractivity (Wildman–Crippen MR) is 85.5 cm³/mol. The molecule has 6 heteroatoms. The number of rotatable bonds is 4. The normalized spacial score (nSPS) is 10.5. The van der Waals surface area contributed by atoms with Gasteiger partial charge < -0.3 is 19.7 Å². The van der Waals surface area contributed by atoms with Crippen molar-refractivity contribution in [2.45, 2.75) is 0 Å². The van der Waals surface area contributed by atoms with Gasteiger partial charge in [0.05, 0.1) is 5.69 Å². The van der Waals surface area contributed by atoms with Crippen molar-refractivity contribution in [1.82, 2.24) is 10.2 Å². The van der Waals surface area contributed by atoms with Crippen molar-refractivity contribution in [2.75, 3.05) is 24.3 Å². The van der Waals surface area contributed by atoms with E-state index in [4.69, 9.17) is 4.42 Å². The van der Waals surface area contributed by atoms with Gasteiger partial charge in [-0.3, -0.25) is 0 Å². The van der Waals surface area contributed by atoms with E-state index in [1.165, 1.54) is 0 Å². The molecule has 0 unspecified atom stereocenters. The molecule has 0 aliphatic heterocycles. The second-order valence-corrected chi connectivity index (χ2v) is 5.00. The van der Waals surface area contributed by atoms with E-state index in [-0.39, 0.29) is 11.8 Å². The van der Waals surface area contributed by atoms with Crippen molar-refractivity contribution in [2.24, 2.45) is 0 Å². The molecule has 0 aliphatic rings. The van der Waals surface area contributed by atoms with Crippen LogP contribution in [0.5, 0.6) is 5.75 Å². The number of aromatic hydroxyl groups is 1. The molecule has 112 valence electrons. The maximum absolute atomic E-state index is 9.72. The van der Waals surface area contributed by atoms with Crippen LogP contribution >= 0.6 is 0 Å². The lowest BCUT2D eigenvalue weighted by atomic mass is 10.2. The number of nitrogens with one attached hydrogen (secondary N) is 1. The van der Waals surface area contributed by atoms with Crippen molar-refractivity contribution in [1.29, 1.82) is 0 Å². The van der Waals surface area contributed by atoms with Gasteiger partial charge in [-0.1, -0.05) is 17.2 Å². The third-order valence-corrected chi connectivity index (χ3v) is 3.20. The van der Waals surface area contributed by atoms with Gasteiger partial charge in [-0.05, 0) is 36.4 Å². The standard InChI is InChI=1S/C16H16N4O2/c1-20(2)12-9-7-11(8-10-12)15-18-19-16(22-15)17-13-5-3-4-6-14(13)21/h3-10,21H,1-2H3,(H,17,19). The number of anilines is 3. The zero-order valence-electron chi connectivity index (χ0n) is 12.3. The van der Waals surface area contributed by atoms with E-state index in [0.29, 0.717) is 11.6 Å². The molecule has 0 aliphatic carbocycles. The average Bonchev–Trinajstić information content (AvgIpc) is 2.98. The molecule has 3 aromatic rings. The van der Waals surface area contributed by atoms with Crippen LogP contribution in [-0.4, -0.2) is 29.4 Å². The second-order valence-electron chi connectivity index (χ2n) is 5.00. The monoisotopic (exact) mass is 296 g/mol. The van der Waals surface area contributed by atoms with Gasteiger partial charge >= 0.3 is 6.01 Å². The molecular weight excluding hydrogens is 280 g/mol. The van der Waals surface area contributed by atoms with Crippen LogP contribution in [0.4, 0.5) is 17.4 Å². The fourth-order valence-electron chi connectivity index (χ4n) is 1.99. The summed E-state index contributed by atoms with van der Waals surface area (Å²) in [7, 11) is 3.96. The molecule has 0 spiro atoms. The molecule has 6 nitrogen and oxygen atoms in total. The summed E-state index contributed by atoms with van der Waals surface area (Å²) in [6.07, 6.45) is 0. The van der Waals surface area contributed by atoms with E-state index >= 15 is 0 Å². The highest BCUT2D eigenvalue weighted by atomic mass is 16.4. The number of nitrogens with zero attached hydrogens (tertiary/aromatic N) is 3. The molecule has 0 bridgehead atoms. The van der Waals surface area contributed by atoms with E-state index in [1.54, 1.807) is 24.3 Å². The molecule has 1 aromatic heterocycles. The summed E-state index contributed by atoms with van der Waals surface area (Å²) < 4.78 is 5.57. The first-order chi connectivity index (χ1) is 10.6. The van der Waals surface area contributed by atoms with E-state index in [1.807, 2.05) is 43.3 Å². The largest absolute Gasteiger partial charge is 0.506 e. The molecule has 0 radical (unpaired) electrons. The van der Waals surface area contributed by atoms with Crippen molar-refractivity contribution >= 4 is 17.4 Å². The second kappa shape index (κ2) is 5.77. The number of para-hydroxylation sites is 2. The summed E-state index contributed by atoms with van der Waals surface area (Å²) in [6.45, 7) is 0.